The van der Waals surface area contributed by atoms with Gasteiger partial charge in [0, 0.05) is 133 Å². The first-order valence-corrected chi connectivity index (χ1v) is 38.8. The lowest BCUT2D eigenvalue weighted by atomic mass is 9.46. The van der Waals surface area contributed by atoms with Gasteiger partial charge in [-0.3, -0.25) is 57.5 Å². The van der Waals surface area contributed by atoms with Crippen molar-refractivity contribution in [3.63, 3.8) is 0 Å². The molecule has 13 fully saturated rings. The van der Waals surface area contributed by atoms with E-state index in [1.807, 2.05) is 6.08 Å². The van der Waals surface area contributed by atoms with Crippen molar-refractivity contribution in [2.75, 3.05) is 13.2 Å². The van der Waals surface area contributed by atoms with Crippen LogP contribution >= 0.6 is 0 Å². The van der Waals surface area contributed by atoms with Crippen molar-refractivity contribution >= 4 is 69.8 Å². The van der Waals surface area contributed by atoms with E-state index >= 15 is 0 Å². The van der Waals surface area contributed by atoms with Gasteiger partial charge in [-0.1, -0.05) is 73.1 Å². The molecular weight excluding hydrogens is 1260 g/mol. The first kappa shape index (κ1) is 72.9. The molecule has 2 amide bonds. The van der Waals surface area contributed by atoms with E-state index in [2.05, 4.69) is 78.2 Å². The maximum absolute atomic E-state index is 13.6. The second-order valence-corrected chi connectivity index (χ2v) is 37.2. The van der Waals surface area contributed by atoms with Crippen molar-refractivity contribution in [3.8, 4) is 0 Å². The molecule has 17 nitrogen and oxygen atoms in total. The maximum atomic E-state index is 13.6. The minimum atomic E-state index is -0.929. The Labute approximate surface area is 592 Å². The zero-order chi connectivity index (χ0) is 72.1. The number of Topliss-reactive ketones (excluding diaryl/α,β-unsaturated/α-hetero) is 8. The first-order chi connectivity index (χ1) is 46.9. The summed E-state index contributed by atoms with van der Waals surface area (Å²) in [7, 11) is 0. The van der Waals surface area contributed by atoms with Crippen LogP contribution in [0.2, 0.25) is 0 Å². The van der Waals surface area contributed by atoms with Gasteiger partial charge < -0.3 is 25.2 Å². The molecule has 0 aromatic carbocycles. The highest BCUT2D eigenvalue weighted by atomic mass is 16.7. The minimum absolute atomic E-state index is 0.00174. The number of hydrogen-bond donors (Lipinski definition) is 3. The molecule has 10 saturated carbocycles. The standard InChI is InChI=1S/C22H31NO4.C21H28O3.C20H27NO3.C20H28O5/c1-20-9-8-18(25)23-17(20)7-4-13-14-5-6-16(22(3)26-10-11-27-22)21(14,2)12-15(24)19(13)20;1-12(22)16-6-7-17-15-5-4-13-10-14(23)8-9-20(13,2)19(15)18(24)11-21(16,17)3;1-11(22)13-5-6-14-12-4-7-16-19(2,9-8-17(24)21-16)18(12)15(23)10-20(13,14)3;1-11(21)13-5-6-14-12-4-7-16(23)19(2,9-8-17(24)25)18(12)15(22)10-20(13,14)3/h7,13-14,16,19H,4-6,8-12H2,1-3H3,(H,23,25);10,15-17,19H,4-9,11H2,1-3H3;7,12-14,18H,4-6,8-10H2,1-3H3,(H,21,24);12-14,18H,4-10H2,1-3H3,(H,24,25)/t13?,14?,16-,19?,20-,21-;15?,16-,17?,19?,20+,21-;2*12?,13-,14?,18?,19+,20-/m0111/s1. The fourth-order valence-electron chi connectivity index (χ4n) is 27.8. The Balaban J connectivity index is 0.000000120. The number of nitrogens with one attached hydrogen (secondary N) is 2. The van der Waals surface area contributed by atoms with Crippen LogP contribution in [0.25, 0.3) is 0 Å². The van der Waals surface area contributed by atoms with Crippen LogP contribution in [0.5, 0.6) is 0 Å². The van der Waals surface area contributed by atoms with E-state index < -0.39 is 17.2 Å². The van der Waals surface area contributed by atoms with Crippen LogP contribution in [-0.4, -0.2) is 93.9 Å². The highest BCUT2D eigenvalue weighted by Gasteiger charge is 2.69. The third-order valence-electron chi connectivity index (χ3n) is 32.4. The van der Waals surface area contributed by atoms with Crippen molar-refractivity contribution in [1.82, 2.24) is 10.6 Å². The Morgan fingerprint density at radius 2 is 0.850 bits per heavy atom. The molecule has 17 heteroatoms. The molecule has 0 spiro atoms. The molecule has 3 N–H and O–H groups in total. The summed E-state index contributed by atoms with van der Waals surface area (Å²) < 4.78 is 12.1. The van der Waals surface area contributed by atoms with Gasteiger partial charge >= 0.3 is 5.97 Å². The zero-order valence-corrected chi connectivity index (χ0v) is 61.9. The van der Waals surface area contributed by atoms with Crippen molar-refractivity contribution in [3.05, 3.63) is 35.2 Å². The van der Waals surface area contributed by atoms with Gasteiger partial charge in [-0.15, -0.1) is 0 Å². The maximum Gasteiger partial charge on any atom is 0.303 e. The second kappa shape index (κ2) is 25.7. The summed E-state index contributed by atoms with van der Waals surface area (Å²) in [5.41, 5.74) is 1.11. The summed E-state index contributed by atoms with van der Waals surface area (Å²) in [5, 5.41) is 15.2. The van der Waals surface area contributed by atoms with Crippen LogP contribution in [-0.2, 0) is 67.0 Å². The number of ether oxygens (including phenoxy) is 2. The number of piperidine rings is 2. The average Bonchev–Trinajstić information content (AvgIpc) is 1.41. The molecule has 12 unspecified atom stereocenters. The molecule has 0 aromatic rings. The number of allylic oxidation sites excluding steroid dienone is 5. The Morgan fingerprint density at radius 1 is 0.460 bits per heavy atom. The Bertz CT molecular complexity index is 3610. The highest BCUT2D eigenvalue weighted by molar-refractivity contribution is 5.96. The summed E-state index contributed by atoms with van der Waals surface area (Å²) in [6.07, 6.45) is 25.2. The number of carboxylic acid groups (broad SMARTS) is 1. The van der Waals surface area contributed by atoms with E-state index in [9.17, 15) is 57.5 Å². The number of fused-ring (bicyclic) bond motifs is 18. The fraction of sp³-hybridized carbons (Fsp3) is 0.783. The van der Waals surface area contributed by atoms with Gasteiger partial charge in [0.25, 0.3) is 0 Å². The van der Waals surface area contributed by atoms with Gasteiger partial charge in [0.2, 0.25) is 11.8 Å². The molecule has 16 aliphatic rings. The Morgan fingerprint density at radius 3 is 1.31 bits per heavy atom. The van der Waals surface area contributed by atoms with E-state index in [0.717, 1.165) is 108 Å². The predicted molar refractivity (Wildman–Crippen MR) is 371 cm³/mol. The van der Waals surface area contributed by atoms with Crippen LogP contribution in [0.4, 0.5) is 0 Å². The summed E-state index contributed by atoms with van der Waals surface area (Å²) >= 11 is 0. The molecule has 0 aromatic heterocycles. The van der Waals surface area contributed by atoms with Crippen LogP contribution in [0.3, 0.4) is 0 Å². The van der Waals surface area contributed by atoms with Crippen molar-refractivity contribution in [2.45, 2.75) is 256 Å². The van der Waals surface area contributed by atoms with Gasteiger partial charge in [-0.25, -0.2) is 0 Å². The molecule has 3 heterocycles. The van der Waals surface area contributed by atoms with E-state index in [1.54, 1.807) is 27.7 Å². The topological polar surface area (TPSA) is 268 Å². The van der Waals surface area contributed by atoms with Crippen LogP contribution < -0.4 is 10.6 Å². The van der Waals surface area contributed by atoms with Crippen LogP contribution in [0.15, 0.2) is 35.2 Å². The van der Waals surface area contributed by atoms with E-state index in [-0.39, 0.29) is 156 Å². The third-order valence-corrected chi connectivity index (χ3v) is 32.4. The van der Waals surface area contributed by atoms with Crippen molar-refractivity contribution < 1.29 is 72.1 Å². The lowest BCUT2D eigenvalue weighted by Gasteiger charge is -2.57. The molecular formula is C83H114N2O15. The molecule has 3 aliphatic heterocycles. The highest BCUT2D eigenvalue weighted by Crippen LogP contribution is 2.70. The smallest absolute Gasteiger partial charge is 0.303 e. The molecule has 16 rings (SSSR count). The van der Waals surface area contributed by atoms with Crippen molar-refractivity contribution in [1.29, 1.82) is 0 Å². The van der Waals surface area contributed by atoms with Gasteiger partial charge in [0.1, 0.15) is 46.3 Å². The monoisotopic (exact) mass is 1380 g/mol. The molecule has 3 saturated heterocycles. The lowest BCUT2D eigenvalue weighted by Crippen LogP contribution is -2.58. The van der Waals surface area contributed by atoms with E-state index in [1.165, 1.54) is 5.57 Å². The van der Waals surface area contributed by atoms with Crippen LogP contribution in [0.1, 0.15) is 250 Å². The van der Waals surface area contributed by atoms with E-state index in [4.69, 9.17) is 14.6 Å². The van der Waals surface area contributed by atoms with E-state index in [0.29, 0.717) is 124 Å². The predicted octanol–water partition coefficient (Wildman–Crippen LogP) is 13.2. The van der Waals surface area contributed by atoms with Gasteiger partial charge in [-0.2, -0.15) is 0 Å². The number of carbonyl (C=O) groups excluding carboxylic acids is 11. The minimum Gasteiger partial charge on any atom is -0.481 e. The zero-order valence-electron chi connectivity index (χ0n) is 61.9. The molecule has 0 bridgehead atoms. The number of rotatable bonds is 7. The normalized spacial score (nSPS) is 46.7. The summed E-state index contributed by atoms with van der Waals surface area (Å²) in [6.45, 7) is 25.5. The molecule has 24 atom stereocenters. The quantitative estimate of drug-likeness (QED) is 0.214. The van der Waals surface area contributed by atoms with Gasteiger partial charge in [0.15, 0.2) is 11.6 Å². The molecule has 546 valence electrons. The third kappa shape index (κ3) is 11.3. The number of carboxylic acids is 1. The second-order valence-electron chi connectivity index (χ2n) is 37.2. The number of carbonyl (C=O) groups is 12. The Kier molecular flexibility index (Phi) is 18.8. The molecule has 13 aliphatic carbocycles. The summed E-state index contributed by atoms with van der Waals surface area (Å²) in [5.74, 6) is 3.70. The average molecular weight is 1380 g/mol. The Hall–Kier alpha value is -5.42. The van der Waals surface area contributed by atoms with Gasteiger partial charge in [-0.05, 0) is 217 Å². The van der Waals surface area contributed by atoms with Gasteiger partial charge in [0.05, 0.1) is 13.2 Å². The number of hydrogen-bond acceptors (Lipinski definition) is 14. The SMILES string of the molecule is CC(=O)[C@H]1CCC2C3CC=C4NC(=O)CC[C@]4(C)C3C(=O)C[C@@]21C.CC(=O)[C@H]1CCC2C3CCC(=O)[C@](C)(CCC(=O)O)C3C(=O)C[C@@]21C.CC(=O)[C@H]1CCC2C3CCC4=CC(=O)CC[C@]4(C)C3C(=O)C[C@@]21C.CC1([C@H]2CCC3C4CC=C5NC(=O)CC[C@]5(C)C4C(=O)C[C@@]32C)OCCO1. The summed E-state index contributed by atoms with van der Waals surface area (Å²) in [6, 6.07) is 0. The first-order valence-electron chi connectivity index (χ1n) is 38.8. The number of ketones is 9. The molecule has 0 radical (unpaired) electrons. The number of aliphatic carboxylic acids is 1. The lowest BCUT2D eigenvalue weighted by molar-refractivity contribution is -0.213. The molecule has 100 heavy (non-hydrogen) atoms. The fourth-order valence-corrected chi connectivity index (χ4v) is 27.8. The van der Waals surface area contributed by atoms with Crippen molar-refractivity contribution in [2.24, 2.45) is 138 Å². The summed E-state index contributed by atoms with van der Waals surface area (Å²) in [4.78, 5) is 149. The largest absolute Gasteiger partial charge is 0.481 e. The van der Waals surface area contributed by atoms with Crippen LogP contribution in [0, 0.1) is 138 Å². The number of amides is 2.